The van der Waals surface area contributed by atoms with Gasteiger partial charge in [0.15, 0.2) is 0 Å². The minimum Gasteiger partial charge on any atom is -0.497 e. The number of hydrazone groups is 1. The summed E-state index contributed by atoms with van der Waals surface area (Å²) < 4.78 is 5.06. The van der Waals surface area contributed by atoms with E-state index in [1.165, 1.54) is 0 Å². The summed E-state index contributed by atoms with van der Waals surface area (Å²) in [6.07, 6.45) is 1.80. The number of hydrogen-bond donors (Lipinski definition) is 2. The second-order valence-corrected chi connectivity index (χ2v) is 6.01. The van der Waals surface area contributed by atoms with Crippen molar-refractivity contribution in [2.45, 2.75) is 13.3 Å². The van der Waals surface area contributed by atoms with E-state index in [-0.39, 0.29) is 24.8 Å². The Bertz CT molecular complexity index is 723. The first-order valence-corrected chi connectivity index (χ1v) is 8.22. The van der Waals surface area contributed by atoms with E-state index < -0.39 is 0 Å². The largest absolute Gasteiger partial charge is 0.497 e. The lowest BCUT2D eigenvalue weighted by molar-refractivity contribution is -0.125. The van der Waals surface area contributed by atoms with Crippen LogP contribution in [-0.2, 0) is 16.0 Å². The van der Waals surface area contributed by atoms with Crippen LogP contribution in [0, 0.1) is 6.92 Å². The average Bonchev–Trinajstić information content (AvgIpc) is 2.99. The molecule has 2 amide bonds. The minimum absolute atomic E-state index is 0.115. The highest BCUT2D eigenvalue weighted by Crippen LogP contribution is 2.12. The van der Waals surface area contributed by atoms with E-state index in [0.29, 0.717) is 0 Å². The van der Waals surface area contributed by atoms with Gasteiger partial charge >= 0.3 is 0 Å². The molecule has 24 heavy (non-hydrogen) atoms. The van der Waals surface area contributed by atoms with E-state index in [1.807, 2.05) is 30.5 Å². The molecule has 0 radical (unpaired) electrons. The lowest BCUT2D eigenvalue weighted by atomic mass is 10.1. The van der Waals surface area contributed by atoms with Crippen molar-refractivity contribution in [3.05, 3.63) is 51.7 Å². The number of carbonyl (C=O) groups excluding carboxylic acids is 2. The topological polar surface area (TPSA) is 79.8 Å². The second kappa shape index (κ2) is 8.83. The molecule has 0 aliphatic carbocycles. The predicted octanol–water partition coefficient (Wildman–Crippen LogP) is 1.87. The second-order valence-electron chi connectivity index (χ2n) is 5.06. The molecule has 0 saturated heterocycles. The Kier molecular flexibility index (Phi) is 6.51. The van der Waals surface area contributed by atoms with Crippen molar-refractivity contribution in [3.8, 4) is 5.75 Å². The van der Waals surface area contributed by atoms with Gasteiger partial charge < -0.3 is 10.1 Å². The van der Waals surface area contributed by atoms with E-state index in [4.69, 9.17) is 4.74 Å². The number of carbonyl (C=O) groups is 2. The molecule has 6 nitrogen and oxygen atoms in total. The van der Waals surface area contributed by atoms with Crippen LogP contribution in [0.15, 0.2) is 40.8 Å². The number of amides is 2. The molecular formula is C17H19N3O3S. The summed E-state index contributed by atoms with van der Waals surface area (Å²) >= 11 is 1.54. The van der Waals surface area contributed by atoms with Crippen molar-refractivity contribution in [1.29, 1.82) is 0 Å². The van der Waals surface area contributed by atoms with Crippen LogP contribution in [0.5, 0.6) is 5.75 Å². The molecule has 0 aliphatic heterocycles. The molecule has 0 atom stereocenters. The van der Waals surface area contributed by atoms with Crippen LogP contribution in [0.2, 0.25) is 0 Å². The number of rotatable bonds is 7. The zero-order valence-electron chi connectivity index (χ0n) is 13.5. The van der Waals surface area contributed by atoms with E-state index in [0.717, 1.165) is 21.8 Å². The van der Waals surface area contributed by atoms with Crippen molar-refractivity contribution in [2.24, 2.45) is 5.10 Å². The maximum atomic E-state index is 11.8. The van der Waals surface area contributed by atoms with Crippen molar-refractivity contribution in [2.75, 3.05) is 13.7 Å². The van der Waals surface area contributed by atoms with Crippen LogP contribution in [-0.4, -0.2) is 31.7 Å². The molecule has 0 aliphatic rings. The maximum Gasteiger partial charge on any atom is 0.259 e. The molecule has 1 heterocycles. The smallest absolute Gasteiger partial charge is 0.259 e. The van der Waals surface area contributed by atoms with Crippen LogP contribution < -0.4 is 15.5 Å². The minimum atomic E-state index is -0.372. The van der Waals surface area contributed by atoms with Crippen LogP contribution in [0.4, 0.5) is 0 Å². The maximum absolute atomic E-state index is 11.8. The van der Waals surface area contributed by atoms with Gasteiger partial charge in [-0.05, 0) is 41.6 Å². The molecule has 0 saturated carbocycles. The van der Waals surface area contributed by atoms with Gasteiger partial charge in [0.2, 0.25) is 5.91 Å². The number of nitrogens with one attached hydrogen (secondary N) is 2. The van der Waals surface area contributed by atoms with Crippen molar-refractivity contribution in [3.63, 3.8) is 0 Å². The number of methoxy groups -OCH3 is 1. The highest BCUT2D eigenvalue weighted by Gasteiger charge is 2.06. The van der Waals surface area contributed by atoms with E-state index >= 15 is 0 Å². The van der Waals surface area contributed by atoms with Gasteiger partial charge in [0.05, 0.1) is 26.3 Å². The van der Waals surface area contributed by atoms with Crippen molar-refractivity contribution in [1.82, 2.24) is 10.7 Å². The molecule has 0 bridgehead atoms. The van der Waals surface area contributed by atoms with E-state index in [9.17, 15) is 9.59 Å². The Labute approximate surface area is 144 Å². The number of aryl methyl sites for hydroxylation is 1. The van der Waals surface area contributed by atoms with Crippen molar-refractivity contribution < 1.29 is 14.3 Å². The summed E-state index contributed by atoms with van der Waals surface area (Å²) in [5, 5.41) is 8.39. The third-order valence-electron chi connectivity index (χ3n) is 3.24. The molecule has 0 spiro atoms. The number of thiophene rings is 1. The summed E-state index contributed by atoms with van der Waals surface area (Å²) in [7, 11) is 1.59. The number of benzene rings is 1. The number of hydrogen-bond acceptors (Lipinski definition) is 5. The highest BCUT2D eigenvalue weighted by atomic mass is 32.1. The van der Waals surface area contributed by atoms with E-state index in [2.05, 4.69) is 15.8 Å². The van der Waals surface area contributed by atoms with Crippen molar-refractivity contribution >= 4 is 29.4 Å². The standard InChI is InChI=1S/C17H19N3O3S/c1-12-7-8-24-15(12)10-19-20-17(22)11-18-16(21)9-13-3-5-14(23-2)6-4-13/h3-8,10H,9,11H2,1-2H3,(H,18,21)(H,20,22)/b19-10+. The van der Waals surface area contributed by atoms with E-state index in [1.54, 1.807) is 36.8 Å². The fourth-order valence-corrected chi connectivity index (χ4v) is 2.68. The lowest BCUT2D eigenvalue weighted by Gasteiger charge is -2.05. The molecule has 2 N–H and O–H groups in total. The SMILES string of the molecule is COc1ccc(CC(=O)NCC(=O)N/N=C/c2sccc2C)cc1. The third kappa shape index (κ3) is 5.51. The summed E-state index contributed by atoms with van der Waals surface area (Å²) in [6.45, 7) is 1.86. The predicted molar refractivity (Wildman–Crippen MR) is 94.5 cm³/mol. The van der Waals surface area contributed by atoms with Gasteiger partial charge in [-0.2, -0.15) is 5.10 Å². The van der Waals surface area contributed by atoms with Gasteiger partial charge in [-0.15, -0.1) is 11.3 Å². The Hall–Kier alpha value is -2.67. The molecule has 0 fully saturated rings. The average molecular weight is 345 g/mol. The highest BCUT2D eigenvalue weighted by molar-refractivity contribution is 7.11. The molecule has 2 rings (SSSR count). The fourth-order valence-electron chi connectivity index (χ4n) is 1.89. The summed E-state index contributed by atoms with van der Waals surface area (Å²) in [6, 6.07) is 9.18. The number of nitrogens with zero attached hydrogens (tertiary/aromatic N) is 1. The van der Waals surface area contributed by atoms with Crippen LogP contribution in [0.3, 0.4) is 0 Å². The molecule has 7 heteroatoms. The van der Waals surface area contributed by atoms with Gasteiger partial charge in [0.25, 0.3) is 5.91 Å². The summed E-state index contributed by atoms with van der Waals surface area (Å²) in [5.41, 5.74) is 4.34. The van der Waals surface area contributed by atoms with Gasteiger partial charge in [0.1, 0.15) is 5.75 Å². The fraction of sp³-hybridized carbons (Fsp3) is 0.235. The lowest BCUT2D eigenvalue weighted by Crippen LogP contribution is -2.35. The number of ether oxygens (including phenoxy) is 1. The molecule has 1 aromatic heterocycles. The summed E-state index contributed by atoms with van der Waals surface area (Å²) in [5.74, 6) is 0.134. The van der Waals surface area contributed by atoms with Crippen LogP contribution in [0.25, 0.3) is 0 Å². The first-order valence-electron chi connectivity index (χ1n) is 7.34. The van der Waals surface area contributed by atoms with Gasteiger partial charge in [-0.25, -0.2) is 5.43 Å². The Morgan fingerprint density at radius 1 is 1.21 bits per heavy atom. The van der Waals surface area contributed by atoms with Gasteiger partial charge in [0, 0.05) is 4.88 Å². The third-order valence-corrected chi connectivity index (χ3v) is 4.20. The molecule has 2 aromatic rings. The van der Waals surface area contributed by atoms with Crippen LogP contribution >= 0.6 is 11.3 Å². The van der Waals surface area contributed by atoms with Gasteiger partial charge in [-0.3, -0.25) is 9.59 Å². The first kappa shape index (κ1) is 17.7. The zero-order valence-corrected chi connectivity index (χ0v) is 14.4. The first-order chi connectivity index (χ1) is 11.6. The molecule has 126 valence electrons. The summed E-state index contributed by atoms with van der Waals surface area (Å²) in [4.78, 5) is 24.4. The molecular weight excluding hydrogens is 326 g/mol. The zero-order chi connectivity index (χ0) is 17.4. The Morgan fingerprint density at radius 2 is 1.96 bits per heavy atom. The normalized spacial score (nSPS) is 10.6. The quantitative estimate of drug-likeness (QED) is 0.594. The van der Waals surface area contributed by atoms with Gasteiger partial charge in [-0.1, -0.05) is 12.1 Å². The Morgan fingerprint density at radius 3 is 2.58 bits per heavy atom. The van der Waals surface area contributed by atoms with Crippen LogP contribution in [0.1, 0.15) is 16.0 Å². The Balaban J connectivity index is 1.71. The molecule has 0 unspecified atom stereocenters. The molecule has 1 aromatic carbocycles. The monoisotopic (exact) mass is 345 g/mol.